The van der Waals surface area contributed by atoms with Crippen molar-refractivity contribution in [2.75, 3.05) is 20.3 Å². The van der Waals surface area contributed by atoms with Crippen molar-refractivity contribution in [3.05, 3.63) is 72.3 Å². The highest BCUT2D eigenvalue weighted by Crippen LogP contribution is 2.19. The van der Waals surface area contributed by atoms with Crippen LogP contribution in [0.3, 0.4) is 0 Å². The Hall–Kier alpha value is -3.28. The highest BCUT2D eigenvalue weighted by molar-refractivity contribution is 5.81. The molecule has 136 valence electrons. The molecule has 0 saturated heterocycles. The molecular weight excluding hydrogens is 332 g/mol. The second-order valence-corrected chi connectivity index (χ2v) is 5.23. The Labute approximate surface area is 153 Å². The number of amides is 1. The van der Waals surface area contributed by atoms with Crippen LogP contribution in [-0.4, -0.2) is 32.6 Å². The molecule has 1 N–H and O–H groups in total. The van der Waals surface area contributed by atoms with E-state index in [2.05, 4.69) is 21.8 Å². The van der Waals surface area contributed by atoms with Crippen molar-refractivity contribution in [1.82, 2.24) is 5.43 Å². The van der Waals surface area contributed by atoms with Gasteiger partial charge in [0.2, 0.25) is 0 Å². The molecule has 0 atom stereocenters. The number of nitrogens with one attached hydrogen (secondary N) is 1. The van der Waals surface area contributed by atoms with Crippen LogP contribution in [0.4, 0.5) is 4.79 Å². The molecule has 0 heterocycles. The second kappa shape index (κ2) is 10.6. The van der Waals surface area contributed by atoms with E-state index in [-0.39, 0.29) is 0 Å². The Morgan fingerprint density at radius 3 is 2.77 bits per heavy atom. The number of carbonyl (C=O) groups excluding carboxylic acids is 1. The normalized spacial score (nSPS) is 10.3. The lowest BCUT2D eigenvalue weighted by atomic mass is 10.1. The van der Waals surface area contributed by atoms with Crippen LogP contribution in [0, 0.1) is 0 Å². The summed E-state index contributed by atoms with van der Waals surface area (Å²) >= 11 is 0. The Morgan fingerprint density at radius 1 is 1.15 bits per heavy atom. The van der Waals surface area contributed by atoms with Gasteiger partial charge in [0.05, 0.1) is 13.3 Å². The Kier molecular flexibility index (Phi) is 7.74. The maximum Gasteiger partial charge on any atom is 0.427 e. The predicted octanol–water partition coefficient (Wildman–Crippen LogP) is 3.56. The zero-order valence-electron chi connectivity index (χ0n) is 14.7. The largest absolute Gasteiger partial charge is 0.490 e. The molecule has 26 heavy (non-hydrogen) atoms. The molecule has 0 radical (unpaired) electrons. The summed E-state index contributed by atoms with van der Waals surface area (Å²) in [6.07, 6.45) is 3.49. The van der Waals surface area contributed by atoms with E-state index in [0.717, 1.165) is 23.3 Å². The van der Waals surface area contributed by atoms with Gasteiger partial charge in [0, 0.05) is 0 Å². The van der Waals surface area contributed by atoms with Crippen LogP contribution in [0.2, 0.25) is 0 Å². The van der Waals surface area contributed by atoms with E-state index in [0.29, 0.717) is 19.0 Å². The van der Waals surface area contributed by atoms with E-state index < -0.39 is 6.09 Å². The average molecular weight is 354 g/mol. The molecular formula is C20H22N2O4. The molecule has 0 aromatic heterocycles. The van der Waals surface area contributed by atoms with Crippen LogP contribution >= 0.6 is 0 Å². The molecule has 6 nitrogen and oxygen atoms in total. The number of carbonyl (C=O) groups is 1. The molecule has 0 bridgehead atoms. The first-order chi connectivity index (χ1) is 12.7. The summed E-state index contributed by atoms with van der Waals surface area (Å²) in [6.45, 7) is 4.59. The minimum absolute atomic E-state index is 0.406. The summed E-state index contributed by atoms with van der Waals surface area (Å²) < 4.78 is 15.9. The number of methoxy groups -OCH3 is 1. The number of hydrazone groups is 1. The van der Waals surface area contributed by atoms with E-state index in [1.165, 1.54) is 13.3 Å². The third-order valence-corrected chi connectivity index (χ3v) is 3.36. The summed E-state index contributed by atoms with van der Waals surface area (Å²) in [5.41, 5.74) is 4.11. The monoisotopic (exact) mass is 354 g/mol. The molecule has 0 fully saturated rings. The number of ether oxygens (including phenoxy) is 3. The van der Waals surface area contributed by atoms with Crippen LogP contribution in [0.5, 0.6) is 11.5 Å². The molecule has 6 heteroatoms. The molecule has 2 aromatic carbocycles. The molecule has 0 unspecified atom stereocenters. The van der Waals surface area contributed by atoms with Crippen LogP contribution in [0.1, 0.15) is 11.1 Å². The standard InChI is InChI=1S/C20H22N2O4/c1-3-7-17-9-4-5-11-19(17)26-13-12-25-18-10-6-8-16(14-18)15-21-22-20(23)24-2/h3-6,8-11,14-15H,1,7,12-13H2,2H3,(H,22,23)/b21-15+. The van der Waals surface area contributed by atoms with Crippen LogP contribution in [-0.2, 0) is 11.2 Å². The third kappa shape index (κ3) is 6.32. The number of hydrogen-bond donors (Lipinski definition) is 1. The average Bonchev–Trinajstić information content (AvgIpc) is 2.67. The summed E-state index contributed by atoms with van der Waals surface area (Å²) in [5.74, 6) is 1.53. The molecule has 0 spiro atoms. The first kappa shape index (κ1) is 19.1. The fraction of sp³-hybridized carbons (Fsp3) is 0.200. The van der Waals surface area contributed by atoms with Crippen molar-refractivity contribution < 1.29 is 19.0 Å². The summed E-state index contributed by atoms with van der Waals surface area (Å²) in [5, 5.41) is 3.78. The minimum atomic E-state index is -0.623. The highest BCUT2D eigenvalue weighted by atomic mass is 16.5. The van der Waals surface area contributed by atoms with Gasteiger partial charge < -0.3 is 14.2 Å². The first-order valence-electron chi connectivity index (χ1n) is 8.14. The fourth-order valence-electron chi connectivity index (χ4n) is 2.17. The first-order valence-corrected chi connectivity index (χ1v) is 8.14. The van der Waals surface area contributed by atoms with Crippen molar-refractivity contribution in [2.45, 2.75) is 6.42 Å². The van der Waals surface area contributed by atoms with Crippen LogP contribution < -0.4 is 14.9 Å². The van der Waals surface area contributed by atoms with Gasteiger partial charge in [-0.15, -0.1) is 6.58 Å². The molecule has 0 aliphatic rings. The zero-order valence-corrected chi connectivity index (χ0v) is 14.7. The van der Waals surface area contributed by atoms with E-state index in [9.17, 15) is 4.79 Å². The third-order valence-electron chi connectivity index (χ3n) is 3.36. The maximum absolute atomic E-state index is 10.9. The van der Waals surface area contributed by atoms with Crippen molar-refractivity contribution in [3.63, 3.8) is 0 Å². The second-order valence-electron chi connectivity index (χ2n) is 5.23. The van der Waals surface area contributed by atoms with E-state index in [1.807, 2.05) is 54.6 Å². The summed E-state index contributed by atoms with van der Waals surface area (Å²) in [6, 6.07) is 15.2. The van der Waals surface area contributed by atoms with Gasteiger partial charge in [-0.2, -0.15) is 5.10 Å². The lowest BCUT2D eigenvalue weighted by Gasteiger charge is -2.11. The van der Waals surface area contributed by atoms with Gasteiger partial charge in [0.25, 0.3) is 0 Å². The number of nitrogens with zero attached hydrogens (tertiary/aromatic N) is 1. The SMILES string of the molecule is C=CCc1ccccc1OCCOc1cccc(/C=N/NC(=O)OC)c1. The van der Waals surface area contributed by atoms with Gasteiger partial charge >= 0.3 is 6.09 Å². The molecule has 1 amide bonds. The molecule has 0 saturated carbocycles. The number of rotatable bonds is 9. The Morgan fingerprint density at radius 2 is 1.96 bits per heavy atom. The van der Waals surface area contributed by atoms with Crippen molar-refractivity contribution in [2.24, 2.45) is 5.10 Å². The van der Waals surface area contributed by atoms with Crippen LogP contribution in [0.15, 0.2) is 66.3 Å². The van der Waals surface area contributed by atoms with Gasteiger partial charge in [-0.25, -0.2) is 10.2 Å². The number of hydrogen-bond acceptors (Lipinski definition) is 5. The zero-order chi connectivity index (χ0) is 18.6. The van der Waals surface area contributed by atoms with Gasteiger partial charge in [0.15, 0.2) is 0 Å². The van der Waals surface area contributed by atoms with Crippen molar-refractivity contribution in [3.8, 4) is 11.5 Å². The van der Waals surface area contributed by atoms with Crippen LogP contribution in [0.25, 0.3) is 0 Å². The summed E-state index contributed by atoms with van der Waals surface area (Å²) in [4.78, 5) is 10.9. The van der Waals surface area contributed by atoms with Gasteiger partial charge in [-0.05, 0) is 35.7 Å². The molecule has 2 rings (SSSR count). The lowest BCUT2D eigenvalue weighted by molar-refractivity contribution is 0.171. The minimum Gasteiger partial charge on any atom is -0.490 e. The number of benzene rings is 2. The molecule has 0 aliphatic carbocycles. The van der Waals surface area contributed by atoms with Gasteiger partial charge in [-0.3, -0.25) is 0 Å². The van der Waals surface area contributed by atoms with E-state index in [1.54, 1.807) is 0 Å². The maximum atomic E-state index is 10.9. The van der Waals surface area contributed by atoms with Crippen molar-refractivity contribution in [1.29, 1.82) is 0 Å². The van der Waals surface area contributed by atoms with E-state index in [4.69, 9.17) is 9.47 Å². The van der Waals surface area contributed by atoms with Crippen molar-refractivity contribution >= 4 is 12.3 Å². The lowest BCUT2D eigenvalue weighted by Crippen LogP contribution is -2.16. The Balaban J connectivity index is 1.82. The fourth-order valence-corrected chi connectivity index (χ4v) is 2.17. The van der Waals surface area contributed by atoms with Gasteiger partial charge in [-0.1, -0.05) is 36.4 Å². The number of allylic oxidation sites excluding steroid dienone is 1. The van der Waals surface area contributed by atoms with E-state index >= 15 is 0 Å². The Bertz CT molecular complexity index is 759. The van der Waals surface area contributed by atoms with Gasteiger partial charge in [0.1, 0.15) is 24.7 Å². The number of para-hydroxylation sites is 1. The topological polar surface area (TPSA) is 69.2 Å². The molecule has 2 aromatic rings. The smallest absolute Gasteiger partial charge is 0.427 e. The summed E-state index contributed by atoms with van der Waals surface area (Å²) in [7, 11) is 1.27. The quantitative estimate of drug-likeness (QED) is 0.323. The highest BCUT2D eigenvalue weighted by Gasteiger charge is 2.02. The molecule has 0 aliphatic heterocycles. The predicted molar refractivity (Wildman–Crippen MR) is 101 cm³/mol.